The molecule has 1 unspecified atom stereocenters. The number of carbonyl (C=O) groups is 2. The predicted octanol–water partition coefficient (Wildman–Crippen LogP) is 3.19. The van der Waals surface area contributed by atoms with Crippen molar-refractivity contribution in [1.29, 1.82) is 0 Å². The highest BCUT2D eigenvalue weighted by atomic mass is 16.4. The van der Waals surface area contributed by atoms with Gasteiger partial charge in [0, 0.05) is 11.3 Å². The number of hydrogen-bond acceptors (Lipinski definition) is 3. The molecule has 0 aromatic rings. The lowest BCUT2D eigenvalue weighted by atomic mass is 9.40. The van der Waals surface area contributed by atoms with E-state index in [4.69, 9.17) is 0 Å². The molecule has 0 saturated heterocycles. The van der Waals surface area contributed by atoms with Crippen molar-refractivity contribution in [2.24, 2.45) is 34.0 Å². The fourth-order valence-electron chi connectivity index (χ4n) is 7.48. The molecule has 0 aromatic heterocycles. The number of Topliss-reactive ketones (excluding diaryl/α,β-unsaturated/α-hetero) is 1. The van der Waals surface area contributed by atoms with Gasteiger partial charge < -0.3 is 10.2 Å². The molecule has 7 atom stereocenters. The fourth-order valence-corrected chi connectivity index (χ4v) is 7.48. The Morgan fingerprint density at radius 1 is 1.25 bits per heavy atom. The third-order valence-corrected chi connectivity index (χ3v) is 8.41. The summed E-state index contributed by atoms with van der Waals surface area (Å²) >= 11 is 0. The highest BCUT2D eigenvalue weighted by Crippen LogP contribution is 2.71. The van der Waals surface area contributed by atoms with E-state index >= 15 is 0 Å². The van der Waals surface area contributed by atoms with Gasteiger partial charge in [-0.05, 0) is 68.3 Å². The van der Waals surface area contributed by atoms with Gasteiger partial charge in [-0.15, -0.1) is 0 Å². The fraction of sp³-hybridized carbons (Fsp3) is 0.800. The highest BCUT2D eigenvalue weighted by molar-refractivity contribution is 6.03. The van der Waals surface area contributed by atoms with Crippen LogP contribution < -0.4 is 0 Å². The van der Waals surface area contributed by atoms with Gasteiger partial charge in [-0.25, -0.2) is 0 Å². The smallest absolute Gasteiger partial charge is 0.309 e. The molecule has 4 aliphatic rings. The van der Waals surface area contributed by atoms with E-state index in [1.165, 1.54) is 0 Å². The van der Waals surface area contributed by atoms with Crippen LogP contribution in [0.4, 0.5) is 0 Å². The van der Waals surface area contributed by atoms with E-state index in [1.54, 1.807) is 0 Å². The van der Waals surface area contributed by atoms with Gasteiger partial charge in [-0.1, -0.05) is 19.9 Å². The molecule has 4 rings (SSSR count). The first-order valence-corrected chi connectivity index (χ1v) is 9.32. The van der Waals surface area contributed by atoms with Gasteiger partial charge in [0.05, 0.1) is 11.5 Å². The van der Waals surface area contributed by atoms with Crippen molar-refractivity contribution < 1.29 is 19.8 Å². The topological polar surface area (TPSA) is 74.6 Å². The number of ketones is 1. The Morgan fingerprint density at radius 3 is 2.62 bits per heavy atom. The maximum atomic E-state index is 13.1. The molecule has 0 heterocycles. The normalized spacial score (nSPS) is 53.5. The van der Waals surface area contributed by atoms with Crippen LogP contribution in [0.15, 0.2) is 12.2 Å². The van der Waals surface area contributed by atoms with Crippen LogP contribution in [-0.2, 0) is 9.59 Å². The van der Waals surface area contributed by atoms with Crippen LogP contribution >= 0.6 is 0 Å². The largest absolute Gasteiger partial charge is 0.481 e. The van der Waals surface area contributed by atoms with Gasteiger partial charge in [0.2, 0.25) is 0 Å². The summed E-state index contributed by atoms with van der Waals surface area (Å²) in [6, 6.07) is 0. The highest BCUT2D eigenvalue weighted by Gasteiger charge is 2.70. The monoisotopic (exact) mass is 332 g/mol. The van der Waals surface area contributed by atoms with Crippen LogP contribution in [-0.4, -0.2) is 28.1 Å². The minimum atomic E-state index is -0.746. The average Bonchev–Trinajstić information content (AvgIpc) is 2.68. The van der Waals surface area contributed by atoms with Crippen molar-refractivity contribution in [2.45, 2.75) is 64.9 Å². The first kappa shape index (κ1) is 16.3. The average molecular weight is 332 g/mol. The molecule has 2 bridgehead atoms. The molecule has 4 heteroatoms. The molecule has 0 aliphatic heterocycles. The summed E-state index contributed by atoms with van der Waals surface area (Å²) in [5.41, 5.74) is -0.810. The zero-order valence-corrected chi connectivity index (χ0v) is 14.7. The van der Waals surface area contributed by atoms with E-state index in [2.05, 4.69) is 13.5 Å². The molecule has 0 amide bonds. The summed E-state index contributed by atoms with van der Waals surface area (Å²) in [6.45, 7) is 8.06. The molecular weight excluding hydrogens is 304 g/mol. The summed E-state index contributed by atoms with van der Waals surface area (Å²) in [6.07, 6.45) is 4.86. The van der Waals surface area contributed by atoms with E-state index in [0.717, 1.165) is 25.7 Å². The maximum Gasteiger partial charge on any atom is 0.309 e. The second-order valence-electron chi connectivity index (χ2n) is 9.37. The van der Waals surface area contributed by atoms with Crippen molar-refractivity contribution in [2.75, 3.05) is 0 Å². The number of aliphatic carboxylic acids is 1. The lowest BCUT2D eigenvalue weighted by molar-refractivity contribution is -0.199. The van der Waals surface area contributed by atoms with Gasteiger partial charge in [0.1, 0.15) is 0 Å². The molecule has 4 fully saturated rings. The molecule has 4 aliphatic carbocycles. The third-order valence-electron chi connectivity index (χ3n) is 8.41. The lowest BCUT2D eigenvalue weighted by Crippen LogP contribution is -2.62. The van der Waals surface area contributed by atoms with Crippen molar-refractivity contribution in [3.63, 3.8) is 0 Å². The van der Waals surface area contributed by atoms with Gasteiger partial charge in [0.15, 0.2) is 5.78 Å². The molecule has 0 radical (unpaired) electrons. The second-order valence-corrected chi connectivity index (χ2v) is 9.37. The van der Waals surface area contributed by atoms with Gasteiger partial charge in [0.25, 0.3) is 0 Å². The number of rotatable bonds is 1. The Hall–Kier alpha value is -1.16. The Labute approximate surface area is 143 Å². The number of carboxylic acid groups (broad SMARTS) is 1. The number of aliphatic hydroxyl groups excluding tert-OH is 1. The quantitative estimate of drug-likeness (QED) is 0.723. The molecule has 2 N–H and O–H groups in total. The summed E-state index contributed by atoms with van der Waals surface area (Å²) < 4.78 is 0. The Kier molecular flexibility index (Phi) is 3.21. The molecule has 1 spiro atoms. The number of aliphatic hydroxyl groups is 1. The van der Waals surface area contributed by atoms with Crippen LogP contribution in [0.1, 0.15) is 58.8 Å². The minimum Gasteiger partial charge on any atom is -0.481 e. The Morgan fingerprint density at radius 2 is 1.96 bits per heavy atom. The number of carbonyl (C=O) groups excluding carboxylic acids is 1. The zero-order valence-electron chi connectivity index (χ0n) is 14.7. The van der Waals surface area contributed by atoms with E-state index in [0.29, 0.717) is 24.8 Å². The first-order valence-electron chi connectivity index (χ1n) is 9.32. The maximum absolute atomic E-state index is 13.1. The number of carboxylic acids is 1. The summed E-state index contributed by atoms with van der Waals surface area (Å²) in [5, 5.41) is 20.9. The molecule has 4 saturated carbocycles. The van der Waals surface area contributed by atoms with Gasteiger partial charge in [-0.3, -0.25) is 9.59 Å². The number of fused-ring (bicyclic) bond motifs is 3. The van der Waals surface area contributed by atoms with Crippen molar-refractivity contribution in [1.82, 2.24) is 0 Å². The third kappa shape index (κ3) is 1.68. The molecular formula is C20H28O4. The summed E-state index contributed by atoms with van der Waals surface area (Å²) in [7, 11) is 0. The SMILES string of the molecule is C=C1C(=O)[C@@]23CC[C@H]4[C@@](C)(CCC[C@@]4(C)C(=O)O)[C@@H]2[C@@H](O)CC1C3. The Balaban J connectivity index is 1.83. The second kappa shape index (κ2) is 4.72. The van der Waals surface area contributed by atoms with Crippen LogP contribution in [0, 0.1) is 34.0 Å². The number of hydrogen-bond donors (Lipinski definition) is 2. The van der Waals surface area contributed by atoms with Gasteiger partial charge in [-0.2, -0.15) is 0 Å². The van der Waals surface area contributed by atoms with Crippen LogP contribution in [0.5, 0.6) is 0 Å². The van der Waals surface area contributed by atoms with Gasteiger partial charge >= 0.3 is 5.97 Å². The van der Waals surface area contributed by atoms with Crippen LogP contribution in [0.25, 0.3) is 0 Å². The Bertz CT molecular complexity index is 640. The summed E-state index contributed by atoms with van der Waals surface area (Å²) in [4.78, 5) is 25.1. The molecule has 24 heavy (non-hydrogen) atoms. The minimum absolute atomic E-state index is 0.0275. The molecule has 0 aromatic carbocycles. The zero-order chi connectivity index (χ0) is 17.5. The van der Waals surface area contributed by atoms with Crippen LogP contribution in [0.3, 0.4) is 0 Å². The van der Waals surface area contributed by atoms with Crippen molar-refractivity contribution >= 4 is 11.8 Å². The van der Waals surface area contributed by atoms with Crippen LogP contribution in [0.2, 0.25) is 0 Å². The van der Waals surface area contributed by atoms with E-state index in [-0.39, 0.29) is 29.0 Å². The van der Waals surface area contributed by atoms with E-state index < -0.39 is 22.9 Å². The molecule has 4 nitrogen and oxygen atoms in total. The molecule has 132 valence electrons. The summed E-state index contributed by atoms with van der Waals surface area (Å²) in [5.74, 6) is -0.528. The number of allylic oxidation sites excluding steroid dienone is 1. The van der Waals surface area contributed by atoms with Crippen molar-refractivity contribution in [3.05, 3.63) is 12.2 Å². The van der Waals surface area contributed by atoms with E-state index in [9.17, 15) is 19.8 Å². The lowest BCUT2D eigenvalue weighted by Gasteiger charge is -2.63. The first-order chi connectivity index (χ1) is 11.2. The standard InChI is InChI=1S/C20H28O4/c1-11-12-9-13(21)15-18(2)6-4-7-19(3,17(23)24)14(18)5-8-20(15,10-12)16(11)22/h12-15,21H,1,4-10H2,2-3H3,(H,23,24)/t12?,13-,14-,15-,18+,19+,20+/m0/s1. The predicted molar refractivity (Wildman–Crippen MR) is 89.2 cm³/mol. The van der Waals surface area contributed by atoms with E-state index in [1.807, 2.05) is 6.92 Å². The van der Waals surface area contributed by atoms with Crippen molar-refractivity contribution in [3.8, 4) is 0 Å².